The highest BCUT2D eigenvalue weighted by molar-refractivity contribution is 5.56. The van der Waals surface area contributed by atoms with Crippen molar-refractivity contribution in [3.63, 3.8) is 0 Å². The van der Waals surface area contributed by atoms with Gasteiger partial charge >= 0.3 is 6.18 Å². The van der Waals surface area contributed by atoms with Gasteiger partial charge in [0.25, 0.3) is 5.92 Å². The molecule has 0 aromatic heterocycles. The molecule has 7 heteroatoms. The normalized spacial score (nSPS) is 18.9. The summed E-state index contributed by atoms with van der Waals surface area (Å²) < 4.78 is 63.9. The first-order valence-electron chi connectivity index (χ1n) is 5.76. The summed E-state index contributed by atoms with van der Waals surface area (Å²) in [7, 11) is 0. The molecule has 1 aromatic rings. The Hall–Kier alpha value is -1.37. The minimum atomic E-state index is -4.46. The Bertz CT molecular complexity index is 470. The summed E-state index contributed by atoms with van der Waals surface area (Å²) in [4.78, 5) is 1.38. The maximum Gasteiger partial charge on any atom is 0.416 e. The van der Waals surface area contributed by atoms with E-state index in [1.54, 1.807) is 0 Å². The lowest BCUT2D eigenvalue weighted by Crippen LogP contribution is -2.26. The second kappa shape index (κ2) is 4.63. The molecule has 2 rings (SSSR count). The van der Waals surface area contributed by atoms with Crippen LogP contribution in [-0.2, 0) is 12.7 Å². The molecule has 1 saturated heterocycles. The van der Waals surface area contributed by atoms with Crippen molar-refractivity contribution in [2.75, 3.05) is 18.0 Å². The van der Waals surface area contributed by atoms with E-state index >= 15 is 0 Å². The second-order valence-corrected chi connectivity index (χ2v) is 4.57. The van der Waals surface area contributed by atoms with E-state index in [-0.39, 0.29) is 25.1 Å². The Morgan fingerprint density at radius 3 is 2.42 bits per heavy atom. The van der Waals surface area contributed by atoms with Gasteiger partial charge in [0.2, 0.25) is 0 Å². The molecule has 1 aliphatic heterocycles. The van der Waals surface area contributed by atoms with E-state index in [1.807, 2.05) is 0 Å². The van der Waals surface area contributed by atoms with Crippen molar-refractivity contribution in [2.45, 2.75) is 25.1 Å². The highest BCUT2D eigenvalue weighted by atomic mass is 19.4. The molecule has 19 heavy (non-hydrogen) atoms. The molecule has 1 aromatic carbocycles. The van der Waals surface area contributed by atoms with Crippen LogP contribution in [0.15, 0.2) is 18.2 Å². The number of anilines is 1. The quantitative estimate of drug-likeness (QED) is 0.844. The van der Waals surface area contributed by atoms with Gasteiger partial charge in [0.1, 0.15) is 0 Å². The van der Waals surface area contributed by atoms with Gasteiger partial charge in [0, 0.05) is 25.2 Å². The van der Waals surface area contributed by atoms with E-state index in [0.29, 0.717) is 5.69 Å². The van der Waals surface area contributed by atoms with Crippen molar-refractivity contribution in [1.82, 2.24) is 0 Å². The summed E-state index contributed by atoms with van der Waals surface area (Å²) in [6.45, 7) is -0.488. The highest BCUT2D eigenvalue weighted by Gasteiger charge is 2.39. The van der Waals surface area contributed by atoms with Gasteiger partial charge in [0.05, 0.1) is 12.1 Å². The average molecular weight is 280 g/mol. The van der Waals surface area contributed by atoms with Gasteiger partial charge in [-0.25, -0.2) is 8.78 Å². The lowest BCUT2D eigenvalue weighted by Gasteiger charge is -2.22. The summed E-state index contributed by atoms with van der Waals surface area (Å²) >= 11 is 0. The number of halogens is 5. The minimum absolute atomic E-state index is 0.116. The number of nitrogens with two attached hydrogens (primary N) is 1. The highest BCUT2D eigenvalue weighted by Crippen LogP contribution is 2.36. The van der Waals surface area contributed by atoms with Crippen molar-refractivity contribution in [1.29, 1.82) is 0 Å². The number of nitrogens with zero attached hydrogens (tertiary/aromatic N) is 1. The summed E-state index contributed by atoms with van der Waals surface area (Å²) in [5, 5.41) is 0. The van der Waals surface area contributed by atoms with Gasteiger partial charge in [-0.05, 0) is 23.8 Å². The van der Waals surface area contributed by atoms with Gasteiger partial charge in [0.15, 0.2) is 0 Å². The smallest absolute Gasteiger partial charge is 0.365 e. The van der Waals surface area contributed by atoms with Crippen LogP contribution in [0.1, 0.15) is 17.5 Å². The van der Waals surface area contributed by atoms with E-state index in [1.165, 1.54) is 11.0 Å². The van der Waals surface area contributed by atoms with Crippen molar-refractivity contribution in [2.24, 2.45) is 5.73 Å². The zero-order valence-corrected chi connectivity index (χ0v) is 9.97. The van der Waals surface area contributed by atoms with Crippen LogP contribution in [0.5, 0.6) is 0 Å². The van der Waals surface area contributed by atoms with Crippen LogP contribution in [0.4, 0.5) is 27.6 Å². The number of benzene rings is 1. The zero-order chi connectivity index (χ0) is 14.3. The predicted molar refractivity (Wildman–Crippen MR) is 61.1 cm³/mol. The van der Waals surface area contributed by atoms with Crippen molar-refractivity contribution < 1.29 is 22.0 Å². The number of alkyl halides is 5. The Labute approximate surface area is 107 Å². The summed E-state index contributed by atoms with van der Waals surface area (Å²) in [6.07, 6.45) is -4.75. The SMILES string of the molecule is NCc1cc(C(F)(F)F)ccc1N1CCC(F)(F)C1. The fourth-order valence-electron chi connectivity index (χ4n) is 2.18. The van der Waals surface area contributed by atoms with E-state index in [2.05, 4.69) is 0 Å². The van der Waals surface area contributed by atoms with Crippen LogP contribution in [-0.4, -0.2) is 19.0 Å². The topological polar surface area (TPSA) is 29.3 Å². The summed E-state index contributed by atoms with van der Waals surface area (Å²) in [5.41, 5.74) is 5.18. The third-order valence-corrected chi connectivity index (χ3v) is 3.14. The fourth-order valence-corrected chi connectivity index (χ4v) is 2.18. The van der Waals surface area contributed by atoms with Crippen LogP contribution < -0.4 is 10.6 Å². The van der Waals surface area contributed by atoms with E-state index in [0.717, 1.165) is 12.1 Å². The van der Waals surface area contributed by atoms with Crippen molar-refractivity contribution in [3.05, 3.63) is 29.3 Å². The Balaban J connectivity index is 2.32. The molecule has 0 amide bonds. The molecule has 0 atom stereocenters. The van der Waals surface area contributed by atoms with Gasteiger partial charge in [-0.3, -0.25) is 0 Å². The first-order chi connectivity index (χ1) is 8.73. The van der Waals surface area contributed by atoms with Crippen LogP contribution in [0.2, 0.25) is 0 Å². The molecule has 1 aliphatic rings. The molecule has 1 heterocycles. The molecule has 0 radical (unpaired) electrons. The molecule has 106 valence electrons. The summed E-state index contributed by atoms with van der Waals surface area (Å²) in [6, 6.07) is 3.03. The monoisotopic (exact) mass is 280 g/mol. The maximum absolute atomic E-state index is 13.1. The number of rotatable bonds is 2. The molecule has 0 saturated carbocycles. The predicted octanol–water partition coefficient (Wildman–Crippen LogP) is 3.01. The number of hydrogen-bond acceptors (Lipinski definition) is 2. The molecular weight excluding hydrogens is 267 g/mol. The van der Waals surface area contributed by atoms with Crippen LogP contribution in [0.25, 0.3) is 0 Å². The lowest BCUT2D eigenvalue weighted by atomic mass is 10.1. The van der Waals surface area contributed by atoms with Gasteiger partial charge in [-0.1, -0.05) is 0 Å². The van der Waals surface area contributed by atoms with E-state index < -0.39 is 24.2 Å². The first-order valence-corrected chi connectivity index (χ1v) is 5.76. The third kappa shape index (κ3) is 2.97. The molecular formula is C12H13F5N2. The number of hydrogen-bond donors (Lipinski definition) is 1. The van der Waals surface area contributed by atoms with Crippen LogP contribution in [0.3, 0.4) is 0 Å². The molecule has 2 N–H and O–H groups in total. The third-order valence-electron chi connectivity index (χ3n) is 3.14. The molecule has 0 spiro atoms. The Morgan fingerprint density at radius 2 is 1.95 bits per heavy atom. The molecule has 1 fully saturated rings. The minimum Gasteiger partial charge on any atom is -0.365 e. The lowest BCUT2D eigenvalue weighted by molar-refractivity contribution is -0.137. The largest absolute Gasteiger partial charge is 0.416 e. The average Bonchev–Trinajstić information content (AvgIpc) is 2.67. The van der Waals surface area contributed by atoms with Gasteiger partial charge in [-0.15, -0.1) is 0 Å². The molecule has 0 bridgehead atoms. The van der Waals surface area contributed by atoms with Gasteiger partial charge in [-0.2, -0.15) is 13.2 Å². The molecule has 0 unspecified atom stereocenters. The molecule has 2 nitrogen and oxygen atoms in total. The second-order valence-electron chi connectivity index (χ2n) is 4.57. The van der Waals surface area contributed by atoms with Crippen LogP contribution in [0, 0.1) is 0 Å². The van der Waals surface area contributed by atoms with E-state index in [4.69, 9.17) is 5.73 Å². The molecule has 0 aliphatic carbocycles. The Kier molecular flexibility index (Phi) is 3.42. The standard InChI is InChI=1S/C12H13F5N2/c13-11(14)3-4-19(7-11)10-2-1-9(12(15,16)17)5-8(10)6-18/h1-2,5H,3-4,6-7,18H2. The van der Waals surface area contributed by atoms with E-state index in [9.17, 15) is 22.0 Å². The fraction of sp³-hybridized carbons (Fsp3) is 0.500. The van der Waals surface area contributed by atoms with Crippen molar-refractivity contribution >= 4 is 5.69 Å². The van der Waals surface area contributed by atoms with Crippen molar-refractivity contribution in [3.8, 4) is 0 Å². The van der Waals surface area contributed by atoms with Crippen LogP contribution >= 0.6 is 0 Å². The maximum atomic E-state index is 13.1. The Morgan fingerprint density at radius 1 is 1.26 bits per heavy atom. The zero-order valence-electron chi connectivity index (χ0n) is 9.97. The first kappa shape index (κ1) is 14.0. The van der Waals surface area contributed by atoms with Gasteiger partial charge < -0.3 is 10.6 Å². The summed E-state index contributed by atoms with van der Waals surface area (Å²) in [5.74, 6) is -2.80.